The summed E-state index contributed by atoms with van der Waals surface area (Å²) in [6.07, 6.45) is 0.0427. The second-order valence-electron chi connectivity index (χ2n) is 2.39. The molecule has 0 aromatic heterocycles. The average molecular weight is 156 g/mol. The van der Waals surface area contributed by atoms with E-state index in [0.29, 0.717) is 0 Å². The molecule has 1 aliphatic heterocycles. The fraction of sp³-hybridized carbons (Fsp3) is 0.500. The third-order valence-electron chi connectivity index (χ3n) is 1.44. The SMILES string of the molecule is CC(=O)[C@H]1CC(=O)NC(=O)N1. The third-order valence-corrected chi connectivity index (χ3v) is 1.44. The number of hydrogen-bond acceptors (Lipinski definition) is 3. The van der Waals surface area contributed by atoms with Crippen LogP contribution in [-0.2, 0) is 9.59 Å². The first-order valence-electron chi connectivity index (χ1n) is 3.20. The molecule has 0 bridgehead atoms. The molecular weight excluding hydrogens is 148 g/mol. The van der Waals surface area contributed by atoms with Crippen molar-refractivity contribution in [2.24, 2.45) is 0 Å². The highest BCUT2D eigenvalue weighted by molar-refractivity contribution is 6.02. The minimum absolute atomic E-state index is 0.0427. The van der Waals surface area contributed by atoms with Crippen LogP contribution in [0, 0.1) is 0 Å². The molecule has 0 aromatic rings. The van der Waals surface area contributed by atoms with E-state index in [2.05, 4.69) is 5.32 Å². The number of carbonyl (C=O) groups excluding carboxylic acids is 3. The van der Waals surface area contributed by atoms with Gasteiger partial charge < -0.3 is 5.32 Å². The number of nitrogens with one attached hydrogen (secondary N) is 2. The van der Waals surface area contributed by atoms with Crippen molar-refractivity contribution in [3.05, 3.63) is 0 Å². The molecule has 0 spiro atoms. The minimum atomic E-state index is -0.642. The highest BCUT2D eigenvalue weighted by atomic mass is 16.2. The number of ketones is 1. The predicted molar refractivity (Wildman–Crippen MR) is 35.8 cm³/mol. The fourth-order valence-electron chi connectivity index (χ4n) is 0.854. The Kier molecular flexibility index (Phi) is 1.89. The summed E-state index contributed by atoms with van der Waals surface area (Å²) in [5.74, 6) is -0.609. The van der Waals surface area contributed by atoms with Gasteiger partial charge >= 0.3 is 6.03 Å². The molecule has 0 aliphatic carbocycles. The van der Waals surface area contributed by atoms with Crippen molar-refractivity contribution in [1.82, 2.24) is 10.6 Å². The van der Waals surface area contributed by atoms with Gasteiger partial charge in [-0.15, -0.1) is 0 Å². The van der Waals surface area contributed by atoms with Gasteiger partial charge in [0.05, 0.1) is 12.5 Å². The van der Waals surface area contributed by atoms with Crippen LogP contribution in [0.3, 0.4) is 0 Å². The summed E-state index contributed by atoms with van der Waals surface area (Å²) in [6.45, 7) is 1.34. The average Bonchev–Trinajstić information content (AvgIpc) is 1.85. The Morgan fingerprint density at radius 1 is 1.55 bits per heavy atom. The number of hydrogen-bond donors (Lipinski definition) is 2. The van der Waals surface area contributed by atoms with Gasteiger partial charge in [-0.3, -0.25) is 14.9 Å². The van der Waals surface area contributed by atoms with E-state index in [-0.39, 0.29) is 12.2 Å². The van der Waals surface area contributed by atoms with Crippen LogP contribution in [0.15, 0.2) is 0 Å². The number of Topliss-reactive ketones (excluding diaryl/α,β-unsaturated/α-hetero) is 1. The van der Waals surface area contributed by atoms with Gasteiger partial charge in [-0.25, -0.2) is 4.79 Å². The van der Waals surface area contributed by atoms with Crippen LogP contribution in [0.1, 0.15) is 13.3 Å². The lowest BCUT2D eigenvalue weighted by Crippen LogP contribution is -2.54. The zero-order valence-corrected chi connectivity index (χ0v) is 6.01. The van der Waals surface area contributed by atoms with Crippen molar-refractivity contribution in [2.45, 2.75) is 19.4 Å². The summed E-state index contributed by atoms with van der Waals surface area (Å²) >= 11 is 0. The summed E-state index contributed by atoms with van der Waals surface area (Å²) in [7, 11) is 0. The van der Waals surface area contributed by atoms with Crippen LogP contribution >= 0.6 is 0 Å². The first-order valence-corrected chi connectivity index (χ1v) is 3.20. The quantitative estimate of drug-likeness (QED) is 0.520. The van der Waals surface area contributed by atoms with Crippen LogP contribution in [-0.4, -0.2) is 23.8 Å². The smallest absolute Gasteiger partial charge is 0.322 e. The number of carbonyl (C=O) groups is 3. The van der Waals surface area contributed by atoms with Gasteiger partial charge in [0.15, 0.2) is 5.78 Å². The van der Waals surface area contributed by atoms with Crippen LogP contribution in [0.5, 0.6) is 0 Å². The Hall–Kier alpha value is -1.39. The number of rotatable bonds is 1. The molecule has 2 N–H and O–H groups in total. The van der Waals surface area contributed by atoms with Gasteiger partial charge in [0.1, 0.15) is 0 Å². The monoisotopic (exact) mass is 156 g/mol. The summed E-state index contributed by atoms with van der Waals surface area (Å²) in [5.41, 5.74) is 0. The van der Waals surface area contributed by atoms with E-state index >= 15 is 0 Å². The standard InChI is InChI=1S/C6H8N2O3/c1-3(9)4-2-5(10)8-6(11)7-4/h4H,2H2,1H3,(H2,7,8,10,11)/t4-/m1/s1. The van der Waals surface area contributed by atoms with E-state index < -0.39 is 18.0 Å². The summed E-state index contributed by atoms with van der Waals surface area (Å²) in [4.78, 5) is 32.0. The normalized spacial score (nSPS) is 23.9. The lowest BCUT2D eigenvalue weighted by molar-refractivity contribution is -0.126. The van der Waals surface area contributed by atoms with Crippen molar-refractivity contribution in [1.29, 1.82) is 0 Å². The maximum absolute atomic E-state index is 10.7. The second-order valence-corrected chi connectivity index (χ2v) is 2.39. The second kappa shape index (κ2) is 2.69. The van der Waals surface area contributed by atoms with Gasteiger partial charge in [-0.2, -0.15) is 0 Å². The van der Waals surface area contributed by atoms with E-state index in [1.807, 2.05) is 5.32 Å². The molecule has 0 aromatic carbocycles. The lowest BCUT2D eigenvalue weighted by Gasteiger charge is -2.20. The first kappa shape index (κ1) is 7.71. The topological polar surface area (TPSA) is 75.3 Å². The van der Waals surface area contributed by atoms with Gasteiger partial charge in [0.25, 0.3) is 0 Å². The van der Waals surface area contributed by atoms with E-state index in [1.165, 1.54) is 6.92 Å². The van der Waals surface area contributed by atoms with Crippen molar-refractivity contribution in [3.8, 4) is 0 Å². The van der Waals surface area contributed by atoms with Gasteiger partial charge in [0.2, 0.25) is 5.91 Å². The van der Waals surface area contributed by atoms with Crippen LogP contribution in [0.2, 0.25) is 0 Å². The van der Waals surface area contributed by atoms with Crippen LogP contribution in [0.4, 0.5) is 4.79 Å². The maximum Gasteiger partial charge on any atom is 0.322 e. The lowest BCUT2D eigenvalue weighted by atomic mass is 10.1. The Balaban J connectivity index is 2.63. The first-order chi connectivity index (χ1) is 5.09. The molecule has 1 rings (SSSR count). The molecule has 1 saturated heterocycles. The molecule has 5 nitrogen and oxygen atoms in total. The van der Waals surface area contributed by atoms with E-state index in [0.717, 1.165) is 0 Å². The van der Waals surface area contributed by atoms with Crippen LogP contribution in [0.25, 0.3) is 0 Å². The van der Waals surface area contributed by atoms with Crippen molar-refractivity contribution >= 4 is 17.7 Å². The highest BCUT2D eigenvalue weighted by Crippen LogP contribution is 1.98. The van der Waals surface area contributed by atoms with Crippen molar-refractivity contribution in [2.75, 3.05) is 0 Å². The number of urea groups is 1. The summed E-state index contributed by atoms with van der Waals surface area (Å²) in [6, 6.07) is -1.24. The molecule has 0 radical (unpaired) electrons. The van der Waals surface area contributed by atoms with Crippen molar-refractivity contribution in [3.63, 3.8) is 0 Å². The molecule has 3 amide bonds. The molecule has 0 saturated carbocycles. The van der Waals surface area contributed by atoms with E-state index in [4.69, 9.17) is 0 Å². The van der Waals surface area contributed by atoms with Gasteiger partial charge in [-0.1, -0.05) is 0 Å². The molecule has 1 atom stereocenters. The molecule has 0 unspecified atom stereocenters. The molecule has 60 valence electrons. The molecular formula is C6H8N2O3. The Morgan fingerprint density at radius 3 is 2.64 bits per heavy atom. The molecule has 5 heteroatoms. The van der Waals surface area contributed by atoms with E-state index in [9.17, 15) is 14.4 Å². The zero-order valence-electron chi connectivity index (χ0n) is 6.01. The largest absolute Gasteiger partial charge is 0.327 e. The summed E-state index contributed by atoms with van der Waals surface area (Å²) < 4.78 is 0. The molecule has 1 heterocycles. The van der Waals surface area contributed by atoms with Gasteiger partial charge in [-0.05, 0) is 6.92 Å². The molecule has 1 aliphatic rings. The Bertz CT molecular complexity index is 208. The van der Waals surface area contributed by atoms with E-state index in [1.54, 1.807) is 0 Å². The fourth-order valence-corrected chi connectivity index (χ4v) is 0.854. The zero-order chi connectivity index (χ0) is 8.43. The number of amides is 3. The van der Waals surface area contributed by atoms with Crippen molar-refractivity contribution < 1.29 is 14.4 Å². The maximum atomic E-state index is 10.7. The predicted octanol–water partition coefficient (Wildman–Crippen LogP) is -0.827. The Morgan fingerprint density at radius 2 is 2.18 bits per heavy atom. The number of imide groups is 1. The highest BCUT2D eigenvalue weighted by Gasteiger charge is 2.26. The molecule has 1 fully saturated rings. The molecule has 11 heavy (non-hydrogen) atoms. The summed E-state index contributed by atoms with van der Waals surface area (Å²) in [5, 5.41) is 4.35. The Labute approximate surface area is 63.1 Å². The third kappa shape index (κ3) is 1.76. The minimum Gasteiger partial charge on any atom is -0.327 e. The van der Waals surface area contributed by atoms with Crippen LogP contribution < -0.4 is 10.6 Å². The van der Waals surface area contributed by atoms with Gasteiger partial charge in [0, 0.05) is 0 Å².